The summed E-state index contributed by atoms with van der Waals surface area (Å²) in [4.78, 5) is 0.159. The van der Waals surface area contributed by atoms with Crippen LogP contribution in [0.25, 0.3) is 0 Å². The topological polar surface area (TPSA) is 0 Å². The van der Waals surface area contributed by atoms with Crippen molar-refractivity contribution in [2.45, 2.75) is 50.3 Å². The zero-order chi connectivity index (χ0) is 13.3. The molecule has 2 unspecified atom stereocenters. The lowest BCUT2D eigenvalue weighted by molar-refractivity contribution is 0.00504. The fourth-order valence-electron chi connectivity index (χ4n) is 2.69. The predicted molar refractivity (Wildman–Crippen MR) is 74.6 cm³/mol. The van der Waals surface area contributed by atoms with Crippen molar-refractivity contribution in [1.82, 2.24) is 0 Å². The first-order valence-corrected chi connectivity index (χ1v) is 7.37. The summed E-state index contributed by atoms with van der Waals surface area (Å²) >= 11 is 3.62. The first kappa shape index (κ1) is 14.0. The molecule has 0 nitrogen and oxygen atoms in total. The molecule has 3 heteroatoms. The van der Waals surface area contributed by atoms with Gasteiger partial charge in [-0.3, -0.25) is 0 Å². The van der Waals surface area contributed by atoms with Crippen LogP contribution in [0, 0.1) is 19.8 Å². The SMILES string of the molecule is Cc1ccc(C)c(CC(Br)C2CCC(F)(F)C2)c1. The number of aryl methyl sites for hydroxylation is 2. The Bertz CT molecular complexity index is 429. The van der Waals surface area contributed by atoms with E-state index in [4.69, 9.17) is 0 Å². The molecule has 0 heterocycles. The van der Waals surface area contributed by atoms with Crippen LogP contribution in [0.5, 0.6) is 0 Å². The third-order valence-corrected chi connectivity index (χ3v) is 4.94. The third-order valence-electron chi connectivity index (χ3n) is 3.87. The molecule has 1 saturated carbocycles. The van der Waals surface area contributed by atoms with Gasteiger partial charge in [0.25, 0.3) is 0 Å². The molecule has 0 bridgehead atoms. The van der Waals surface area contributed by atoms with Crippen molar-refractivity contribution in [2.75, 3.05) is 0 Å². The van der Waals surface area contributed by atoms with Gasteiger partial charge in [0, 0.05) is 17.7 Å². The second-order valence-electron chi connectivity index (χ2n) is 5.51. The summed E-state index contributed by atoms with van der Waals surface area (Å²) in [7, 11) is 0. The van der Waals surface area contributed by atoms with E-state index in [2.05, 4.69) is 48.0 Å². The van der Waals surface area contributed by atoms with Crippen LogP contribution in [0.3, 0.4) is 0 Å². The molecular weight excluding hydrogens is 298 g/mol. The number of halogens is 3. The monoisotopic (exact) mass is 316 g/mol. The number of hydrogen-bond acceptors (Lipinski definition) is 0. The highest BCUT2D eigenvalue weighted by molar-refractivity contribution is 9.09. The number of rotatable bonds is 3. The van der Waals surface area contributed by atoms with E-state index in [0.717, 1.165) is 6.42 Å². The highest BCUT2D eigenvalue weighted by Gasteiger charge is 2.41. The second-order valence-corrected chi connectivity index (χ2v) is 6.69. The molecule has 0 amide bonds. The zero-order valence-corrected chi connectivity index (χ0v) is 12.4. The highest BCUT2D eigenvalue weighted by Crippen LogP contribution is 2.43. The summed E-state index contributed by atoms with van der Waals surface area (Å²) in [5.74, 6) is -2.35. The average molecular weight is 317 g/mol. The van der Waals surface area contributed by atoms with Gasteiger partial charge in [0.15, 0.2) is 0 Å². The van der Waals surface area contributed by atoms with Crippen LogP contribution in [0.1, 0.15) is 36.0 Å². The Morgan fingerprint density at radius 1 is 1.39 bits per heavy atom. The maximum atomic E-state index is 13.2. The smallest absolute Gasteiger partial charge is 0.207 e. The summed E-state index contributed by atoms with van der Waals surface area (Å²) in [5, 5.41) is 0. The van der Waals surface area contributed by atoms with Gasteiger partial charge in [0.05, 0.1) is 0 Å². The minimum absolute atomic E-state index is 0.0355. The molecule has 0 saturated heterocycles. The van der Waals surface area contributed by atoms with Crippen molar-refractivity contribution in [2.24, 2.45) is 5.92 Å². The molecule has 0 N–H and O–H groups in total. The van der Waals surface area contributed by atoms with Crippen LogP contribution in [0.4, 0.5) is 8.78 Å². The summed E-state index contributed by atoms with van der Waals surface area (Å²) in [6, 6.07) is 6.36. The van der Waals surface area contributed by atoms with E-state index in [9.17, 15) is 8.78 Å². The Morgan fingerprint density at radius 2 is 2.11 bits per heavy atom. The molecule has 1 aromatic rings. The van der Waals surface area contributed by atoms with Gasteiger partial charge >= 0.3 is 0 Å². The Morgan fingerprint density at radius 3 is 2.72 bits per heavy atom. The minimum Gasteiger partial charge on any atom is -0.207 e. The summed E-state index contributed by atoms with van der Waals surface area (Å²) in [6.07, 6.45) is 1.56. The lowest BCUT2D eigenvalue weighted by Crippen LogP contribution is -2.18. The number of benzene rings is 1. The van der Waals surface area contributed by atoms with Gasteiger partial charge in [-0.05, 0) is 43.7 Å². The van der Waals surface area contributed by atoms with Crippen molar-refractivity contribution in [3.63, 3.8) is 0 Å². The first-order chi connectivity index (χ1) is 8.37. The maximum Gasteiger partial charge on any atom is 0.248 e. The molecule has 1 aliphatic carbocycles. The fourth-order valence-corrected chi connectivity index (χ4v) is 3.49. The first-order valence-electron chi connectivity index (χ1n) is 6.45. The van der Waals surface area contributed by atoms with Crippen LogP contribution in [-0.2, 0) is 6.42 Å². The van der Waals surface area contributed by atoms with Crippen molar-refractivity contribution >= 4 is 15.9 Å². The Balaban J connectivity index is 2.03. The van der Waals surface area contributed by atoms with Gasteiger partial charge < -0.3 is 0 Å². The minimum atomic E-state index is -2.45. The van der Waals surface area contributed by atoms with E-state index >= 15 is 0 Å². The molecule has 0 spiro atoms. The Kier molecular flexibility index (Phi) is 4.10. The molecule has 1 aromatic carbocycles. The van der Waals surface area contributed by atoms with Crippen LogP contribution in [0.2, 0.25) is 0 Å². The van der Waals surface area contributed by atoms with Gasteiger partial charge in [-0.2, -0.15) is 0 Å². The summed E-state index contributed by atoms with van der Waals surface area (Å²) in [5.41, 5.74) is 3.74. The van der Waals surface area contributed by atoms with Crippen molar-refractivity contribution in [1.29, 1.82) is 0 Å². The quantitative estimate of drug-likeness (QED) is 0.685. The average Bonchev–Trinajstić information content (AvgIpc) is 2.64. The molecule has 1 aliphatic rings. The van der Waals surface area contributed by atoms with Crippen LogP contribution in [-0.4, -0.2) is 10.7 Å². The standard InChI is InChI=1S/C15H19BrF2/c1-10-3-4-11(2)13(7-10)8-14(16)12-5-6-15(17,18)9-12/h3-4,7,12,14H,5-6,8-9H2,1-2H3. The van der Waals surface area contributed by atoms with E-state index < -0.39 is 5.92 Å². The molecule has 1 fully saturated rings. The zero-order valence-electron chi connectivity index (χ0n) is 10.8. The lowest BCUT2D eigenvalue weighted by atomic mass is 9.94. The molecule has 0 radical (unpaired) electrons. The van der Waals surface area contributed by atoms with E-state index in [1.165, 1.54) is 16.7 Å². The molecular formula is C15H19BrF2. The third kappa shape index (κ3) is 3.31. The fraction of sp³-hybridized carbons (Fsp3) is 0.600. The lowest BCUT2D eigenvalue weighted by Gasteiger charge is -2.19. The highest BCUT2D eigenvalue weighted by atomic mass is 79.9. The maximum absolute atomic E-state index is 13.2. The molecule has 100 valence electrons. The van der Waals surface area contributed by atoms with Gasteiger partial charge in [-0.15, -0.1) is 0 Å². The van der Waals surface area contributed by atoms with Crippen LogP contribution >= 0.6 is 15.9 Å². The van der Waals surface area contributed by atoms with Gasteiger partial charge in [0.2, 0.25) is 5.92 Å². The molecule has 0 aliphatic heterocycles. The van der Waals surface area contributed by atoms with Crippen LogP contribution < -0.4 is 0 Å². The van der Waals surface area contributed by atoms with Gasteiger partial charge in [-0.25, -0.2) is 8.78 Å². The van der Waals surface area contributed by atoms with E-state index in [-0.39, 0.29) is 23.6 Å². The van der Waals surface area contributed by atoms with Crippen molar-refractivity contribution in [3.8, 4) is 0 Å². The second kappa shape index (κ2) is 5.28. The predicted octanol–water partition coefficient (Wildman–Crippen LogP) is 5.04. The van der Waals surface area contributed by atoms with E-state index in [1.807, 2.05) is 0 Å². The molecule has 2 rings (SSSR count). The van der Waals surface area contributed by atoms with Gasteiger partial charge in [-0.1, -0.05) is 39.7 Å². The van der Waals surface area contributed by atoms with Crippen LogP contribution in [0.15, 0.2) is 18.2 Å². The Labute approximate surface area is 116 Å². The Hall–Kier alpha value is -0.440. The van der Waals surface area contributed by atoms with E-state index in [1.54, 1.807) is 0 Å². The van der Waals surface area contributed by atoms with Crippen molar-refractivity contribution < 1.29 is 8.78 Å². The molecule has 2 atom stereocenters. The molecule has 18 heavy (non-hydrogen) atoms. The summed E-state index contributed by atoms with van der Waals surface area (Å²) in [6.45, 7) is 4.15. The van der Waals surface area contributed by atoms with E-state index in [0.29, 0.717) is 6.42 Å². The van der Waals surface area contributed by atoms with Crippen molar-refractivity contribution in [3.05, 3.63) is 34.9 Å². The normalized spacial score (nSPS) is 24.2. The number of alkyl halides is 3. The molecule has 0 aromatic heterocycles. The number of hydrogen-bond donors (Lipinski definition) is 0. The van der Waals surface area contributed by atoms with Gasteiger partial charge in [0.1, 0.15) is 0 Å². The summed E-state index contributed by atoms with van der Waals surface area (Å²) < 4.78 is 26.4. The largest absolute Gasteiger partial charge is 0.248 e.